The molecule has 0 spiro atoms. The van der Waals surface area contributed by atoms with E-state index < -0.39 is 0 Å². The molecule has 0 radical (unpaired) electrons. The lowest BCUT2D eigenvalue weighted by atomic mass is 10.0. The van der Waals surface area contributed by atoms with Crippen LogP contribution in [0.2, 0.25) is 0 Å². The van der Waals surface area contributed by atoms with Gasteiger partial charge in [0.1, 0.15) is 5.75 Å². The first-order valence-electron chi connectivity index (χ1n) is 8.86. The zero-order chi connectivity index (χ0) is 17.5. The molecular formula is C19H31N3O2. The van der Waals surface area contributed by atoms with E-state index in [4.69, 9.17) is 4.74 Å². The van der Waals surface area contributed by atoms with Crippen LogP contribution in [0.4, 0.5) is 4.79 Å². The van der Waals surface area contributed by atoms with Crippen molar-refractivity contribution >= 4 is 6.03 Å². The van der Waals surface area contributed by atoms with Gasteiger partial charge in [-0.15, -0.1) is 0 Å². The van der Waals surface area contributed by atoms with E-state index in [9.17, 15) is 4.79 Å². The second-order valence-electron chi connectivity index (χ2n) is 7.27. The molecule has 0 aliphatic carbocycles. The molecule has 1 aromatic carbocycles. The molecule has 0 bridgehead atoms. The number of urea groups is 1. The lowest BCUT2D eigenvalue weighted by Crippen LogP contribution is -2.49. The van der Waals surface area contributed by atoms with Crippen LogP contribution in [-0.4, -0.2) is 55.7 Å². The summed E-state index contributed by atoms with van der Waals surface area (Å²) in [4.78, 5) is 15.8. The van der Waals surface area contributed by atoms with Crippen molar-refractivity contribution < 1.29 is 9.53 Å². The van der Waals surface area contributed by atoms with Crippen molar-refractivity contribution in [3.63, 3.8) is 0 Å². The number of carbonyl (C=O) groups is 1. The van der Waals surface area contributed by atoms with Gasteiger partial charge in [-0.3, -0.25) is 4.90 Å². The quantitative estimate of drug-likeness (QED) is 0.870. The molecule has 1 fully saturated rings. The molecule has 0 aromatic heterocycles. The molecule has 1 aromatic rings. The van der Waals surface area contributed by atoms with E-state index in [1.54, 1.807) is 19.0 Å². The van der Waals surface area contributed by atoms with Gasteiger partial charge in [0.25, 0.3) is 0 Å². The van der Waals surface area contributed by atoms with Crippen molar-refractivity contribution in [1.29, 1.82) is 0 Å². The van der Waals surface area contributed by atoms with E-state index >= 15 is 0 Å². The molecule has 5 heteroatoms. The summed E-state index contributed by atoms with van der Waals surface area (Å²) < 4.78 is 5.82. The average Bonchev–Trinajstić information content (AvgIpc) is 2.53. The van der Waals surface area contributed by atoms with Crippen molar-refractivity contribution in [2.24, 2.45) is 5.92 Å². The number of likely N-dealkylation sites (tertiary alicyclic amines) is 1. The fraction of sp³-hybridized carbons (Fsp3) is 0.632. The predicted octanol–water partition coefficient (Wildman–Crippen LogP) is 2.96. The third-order valence-corrected chi connectivity index (χ3v) is 4.13. The second kappa shape index (κ2) is 8.92. The zero-order valence-corrected chi connectivity index (χ0v) is 15.4. The van der Waals surface area contributed by atoms with Crippen LogP contribution in [0.1, 0.15) is 32.3 Å². The van der Waals surface area contributed by atoms with Crippen LogP contribution in [0.3, 0.4) is 0 Å². The largest absolute Gasteiger partial charge is 0.493 e. The number of nitrogens with one attached hydrogen (secondary N) is 1. The van der Waals surface area contributed by atoms with E-state index in [2.05, 4.69) is 42.3 Å². The highest BCUT2D eigenvalue weighted by atomic mass is 16.5. The number of ether oxygens (including phenoxy) is 1. The van der Waals surface area contributed by atoms with E-state index in [0.29, 0.717) is 5.92 Å². The van der Waals surface area contributed by atoms with Crippen molar-refractivity contribution in [2.45, 2.75) is 39.3 Å². The minimum atomic E-state index is -0.00840. The molecule has 1 atom stereocenters. The first kappa shape index (κ1) is 18.6. The van der Waals surface area contributed by atoms with E-state index in [1.807, 2.05) is 6.07 Å². The smallest absolute Gasteiger partial charge is 0.317 e. The van der Waals surface area contributed by atoms with Crippen LogP contribution in [0, 0.1) is 5.92 Å². The fourth-order valence-corrected chi connectivity index (χ4v) is 2.88. The van der Waals surface area contributed by atoms with Gasteiger partial charge in [-0.25, -0.2) is 4.79 Å². The molecule has 24 heavy (non-hydrogen) atoms. The first-order chi connectivity index (χ1) is 11.4. The Morgan fingerprint density at radius 1 is 1.42 bits per heavy atom. The number of benzene rings is 1. The average molecular weight is 333 g/mol. The molecule has 2 rings (SSSR count). The Labute approximate surface area is 146 Å². The van der Waals surface area contributed by atoms with Crippen LogP contribution < -0.4 is 10.1 Å². The second-order valence-corrected chi connectivity index (χ2v) is 7.27. The highest BCUT2D eigenvalue weighted by molar-refractivity contribution is 5.73. The number of nitrogens with zero attached hydrogens (tertiary/aromatic N) is 2. The van der Waals surface area contributed by atoms with E-state index in [0.717, 1.165) is 44.8 Å². The van der Waals surface area contributed by atoms with Crippen LogP contribution in [0.25, 0.3) is 0 Å². The first-order valence-corrected chi connectivity index (χ1v) is 8.86. The lowest BCUT2D eigenvalue weighted by molar-refractivity contribution is 0.171. The summed E-state index contributed by atoms with van der Waals surface area (Å²) in [5, 5.41) is 3.10. The number of amides is 2. The van der Waals surface area contributed by atoms with Gasteiger partial charge in [0.15, 0.2) is 0 Å². The Bertz CT molecular complexity index is 531. The van der Waals surface area contributed by atoms with E-state index in [1.165, 1.54) is 5.56 Å². The van der Waals surface area contributed by atoms with E-state index in [-0.39, 0.29) is 12.1 Å². The zero-order valence-electron chi connectivity index (χ0n) is 15.4. The van der Waals surface area contributed by atoms with Crippen LogP contribution in [0.5, 0.6) is 5.75 Å². The van der Waals surface area contributed by atoms with Crippen molar-refractivity contribution in [2.75, 3.05) is 33.8 Å². The molecule has 1 unspecified atom stereocenters. The highest BCUT2D eigenvalue weighted by Gasteiger charge is 2.22. The summed E-state index contributed by atoms with van der Waals surface area (Å²) >= 11 is 0. The minimum Gasteiger partial charge on any atom is -0.493 e. The Kier molecular flexibility index (Phi) is 6.91. The monoisotopic (exact) mass is 333 g/mol. The SMILES string of the molecule is CC(C)COc1cccc(CN2CCCC(NC(=O)N(C)C)C2)c1. The standard InChI is InChI=1S/C19H31N3O2/c1-15(2)14-24-18-9-5-7-16(11-18)12-22-10-6-8-17(13-22)20-19(23)21(3)4/h5,7,9,11,15,17H,6,8,10,12-14H2,1-4H3,(H,20,23). The highest BCUT2D eigenvalue weighted by Crippen LogP contribution is 2.18. The van der Waals surface area contributed by atoms with Crippen molar-refractivity contribution in [3.8, 4) is 5.75 Å². The van der Waals surface area contributed by atoms with Gasteiger partial charge >= 0.3 is 6.03 Å². The number of hydrogen-bond donors (Lipinski definition) is 1. The van der Waals surface area contributed by atoms with Crippen LogP contribution in [0.15, 0.2) is 24.3 Å². The molecule has 1 heterocycles. The number of hydrogen-bond acceptors (Lipinski definition) is 3. The Morgan fingerprint density at radius 2 is 2.21 bits per heavy atom. The topological polar surface area (TPSA) is 44.8 Å². The summed E-state index contributed by atoms with van der Waals surface area (Å²) in [5.41, 5.74) is 1.26. The van der Waals surface area contributed by atoms with Crippen molar-refractivity contribution in [1.82, 2.24) is 15.1 Å². The Balaban J connectivity index is 1.88. The molecule has 1 saturated heterocycles. The Morgan fingerprint density at radius 3 is 2.92 bits per heavy atom. The molecule has 0 saturated carbocycles. The molecule has 1 N–H and O–H groups in total. The molecule has 2 amide bonds. The van der Waals surface area contributed by atoms with Crippen LogP contribution in [-0.2, 0) is 6.54 Å². The summed E-state index contributed by atoms with van der Waals surface area (Å²) in [7, 11) is 3.55. The summed E-state index contributed by atoms with van der Waals surface area (Å²) in [6, 6.07) is 8.57. The minimum absolute atomic E-state index is 0.00840. The molecule has 1 aliphatic rings. The number of piperidine rings is 1. The van der Waals surface area contributed by atoms with Crippen molar-refractivity contribution in [3.05, 3.63) is 29.8 Å². The van der Waals surface area contributed by atoms with Gasteiger partial charge in [-0.1, -0.05) is 26.0 Å². The summed E-state index contributed by atoms with van der Waals surface area (Å²) in [5.74, 6) is 1.47. The predicted molar refractivity (Wildman–Crippen MR) is 97.3 cm³/mol. The lowest BCUT2D eigenvalue weighted by Gasteiger charge is -2.33. The third kappa shape index (κ3) is 6.04. The summed E-state index contributed by atoms with van der Waals surface area (Å²) in [6.45, 7) is 7.92. The maximum atomic E-state index is 11.8. The van der Waals surface area contributed by atoms with Gasteiger partial charge in [-0.05, 0) is 43.0 Å². The number of rotatable bonds is 6. The van der Waals surface area contributed by atoms with Gasteiger partial charge in [0.2, 0.25) is 0 Å². The molecule has 5 nitrogen and oxygen atoms in total. The maximum absolute atomic E-state index is 11.8. The normalized spacial score (nSPS) is 18.5. The summed E-state index contributed by atoms with van der Waals surface area (Å²) in [6.07, 6.45) is 2.16. The molecule has 134 valence electrons. The Hall–Kier alpha value is -1.75. The molecular weight excluding hydrogens is 302 g/mol. The third-order valence-electron chi connectivity index (χ3n) is 4.13. The van der Waals surface area contributed by atoms with Gasteiger partial charge in [0, 0.05) is 33.2 Å². The van der Waals surface area contributed by atoms with Crippen LogP contribution >= 0.6 is 0 Å². The molecule has 1 aliphatic heterocycles. The van der Waals surface area contributed by atoms with Gasteiger partial charge in [0.05, 0.1) is 6.61 Å². The number of carbonyl (C=O) groups excluding carboxylic acids is 1. The fourth-order valence-electron chi connectivity index (χ4n) is 2.88. The maximum Gasteiger partial charge on any atom is 0.317 e. The van der Waals surface area contributed by atoms with Gasteiger partial charge in [-0.2, -0.15) is 0 Å². The van der Waals surface area contributed by atoms with Gasteiger partial charge < -0.3 is 15.0 Å².